The molecular formula is C16H20Cl2N4O3. The molecule has 1 saturated carbocycles. The lowest BCUT2D eigenvalue weighted by molar-refractivity contribution is -0.149. The summed E-state index contributed by atoms with van der Waals surface area (Å²) >= 11 is 11.8. The van der Waals surface area contributed by atoms with Crippen LogP contribution in [0, 0.1) is 11.3 Å². The second-order valence-corrected chi connectivity index (χ2v) is 7.42. The molecule has 0 radical (unpaired) electrons. The molecule has 1 aliphatic carbocycles. The number of halogens is 2. The molecule has 0 bridgehead atoms. The largest absolute Gasteiger partial charge is 0.481 e. The van der Waals surface area contributed by atoms with Crippen molar-refractivity contribution in [2.45, 2.75) is 19.3 Å². The first-order valence-electron chi connectivity index (χ1n) is 8.23. The molecule has 25 heavy (non-hydrogen) atoms. The molecule has 1 aromatic heterocycles. The van der Waals surface area contributed by atoms with E-state index in [4.69, 9.17) is 23.2 Å². The minimum atomic E-state index is -0.782. The fourth-order valence-corrected chi connectivity index (χ4v) is 4.25. The highest BCUT2D eigenvalue weighted by Gasteiger charge is 2.55. The van der Waals surface area contributed by atoms with Crippen LogP contribution < -0.4 is 10.6 Å². The van der Waals surface area contributed by atoms with Crippen LogP contribution in [0.4, 0.5) is 10.6 Å². The molecule has 2 aliphatic rings. The van der Waals surface area contributed by atoms with Crippen LogP contribution in [-0.2, 0) is 4.79 Å². The predicted molar refractivity (Wildman–Crippen MR) is 95.1 cm³/mol. The number of pyridine rings is 1. The number of hydrogen-bond acceptors (Lipinski definition) is 4. The Labute approximate surface area is 155 Å². The Kier molecular flexibility index (Phi) is 5.24. The van der Waals surface area contributed by atoms with Gasteiger partial charge in [-0.25, -0.2) is 9.78 Å². The van der Waals surface area contributed by atoms with Crippen molar-refractivity contribution < 1.29 is 14.7 Å². The van der Waals surface area contributed by atoms with Gasteiger partial charge < -0.3 is 20.6 Å². The molecule has 0 unspecified atom stereocenters. The second kappa shape index (κ2) is 7.25. The Morgan fingerprint density at radius 1 is 1.40 bits per heavy atom. The highest BCUT2D eigenvalue weighted by Crippen LogP contribution is 2.48. The van der Waals surface area contributed by atoms with Crippen LogP contribution in [-0.4, -0.2) is 53.2 Å². The van der Waals surface area contributed by atoms with Crippen molar-refractivity contribution in [3.63, 3.8) is 0 Å². The molecule has 1 aromatic rings. The normalized spacial score (nSPS) is 24.9. The van der Waals surface area contributed by atoms with E-state index in [1.165, 1.54) is 6.20 Å². The Balaban J connectivity index is 1.47. The average Bonchev–Trinajstić information content (AvgIpc) is 3.11. The van der Waals surface area contributed by atoms with E-state index in [-0.39, 0.29) is 18.5 Å². The number of carbonyl (C=O) groups excluding carboxylic acids is 1. The number of rotatable bonds is 5. The molecule has 0 aromatic carbocycles. The van der Waals surface area contributed by atoms with Crippen LogP contribution in [0.2, 0.25) is 10.0 Å². The lowest BCUT2D eigenvalue weighted by Crippen LogP contribution is -2.42. The van der Waals surface area contributed by atoms with Crippen LogP contribution in [0.15, 0.2) is 12.3 Å². The van der Waals surface area contributed by atoms with Gasteiger partial charge in [-0.05, 0) is 24.8 Å². The van der Waals surface area contributed by atoms with E-state index in [1.807, 2.05) is 0 Å². The molecule has 2 heterocycles. The zero-order valence-electron chi connectivity index (χ0n) is 13.6. The minimum Gasteiger partial charge on any atom is -0.481 e. The molecule has 1 aliphatic heterocycles. The first-order chi connectivity index (χ1) is 11.9. The number of carboxylic acids is 1. The number of likely N-dealkylation sites (tertiary alicyclic amines) is 1. The lowest BCUT2D eigenvalue weighted by Gasteiger charge is -2.23. The van der Waals surface area contributed by atoms with Gasteiger partial charge in [0.2, 0.25) is 0 Å². The number of anilines is 1. The summed E-state index contributed by atoms with van der Waals surface area (Å²) < 4.78 is 0. The van der Waals surface area contributed by atoms with Crippen LogP contribution in [0.3, 0.4) is 0 Å². The molecular weight excluding hydrogens is 367 g/mol. The van der Waals surface area contributed by atoms with E-state index in [2.05, 4.69) is 15.6 Å². The molecule has 1 saturated heterocycles. The number of carboxylic acid groups (broad SMARTS) is 1. The van der Waals surface area contributed by atoms with Gasteiger partial charge in [-0.15, -0.1) is 0 Å². The summed E-state index contributed by atoms with van der Waals surface area (Å²) in [5.41, 5.74) is -0.754. The van der Waals surface area contributed by atoms with Gasteiger partial charge in [0.1, 0.15) is 5.82 Å². The molecule has 2 fully saturated rings. The summed E-state index contributed by atoms with van der Waals surface area (Å²) in [5, 5.41) is 16.3. The maximum Gasteiger partial charge on any atom is 0.317 e. The van der Waals surface area contributed by atoms with Crippen molar-refractivity contribution in [3.8, 4) is 0 Å². The van der Waals surface area contributed by atoms with Crippen molar-refractivity contribution in [2.24, 2.45) is 11.3 Å². The van der Waals surface area contributed by atoms with Gasteiger partial charge in [0.05, 0.1) is 15.5 Å². The zero-order chi connectivity index (χ0) is 18.0. The standard InChI is InChI=1S/C16H20Cl2N4O3/c17-11-6-12(18)13(21-7-11)19-4-5-20-15(25)22-8-10-2-1-3-16(10,9-22)14(23)24/h6-7,10H,1-5,8-9H2,(H,19,21)(H,20,25)(H,23,24)/t10-,16+/m0/s1. The average molecular weight is 387 g/mol. The van der Waals surface area contributed by atoms with Crippen molar-refractivity contribution in [2.75, 3.05) is 31.5 Å². The molecule has 0 spiro atoms. The number of amides is 2. The highest BCUT2D eigenvalue weighted by molar-refractivity contribution is 6.35. The van der Waals surface area contributed by atoms with E-state index in [0.717, 1.165) is 12.8 Å². The Morgan fingerprint density at radius 3 is 2.88 bits per heavy atom. The van der Waals surface area contributed by atoms with E-state index >= 15 is 0 Å². The predicted octanol–water partition coefficient (Wildman–Crippen LogP) is 2.70. The first kappa shape index (κ1) is 18.1. The highest BCUT2D eigenvalue weighted by atomic mass is 35.5. The van der Waals surface area contributed by atoms with Gasteiger partial charge in [0, 0.05) is 32.4 Å². The SMILES string of the molecule is O=C(NCCNc1ncc(Cl)cc1Cl)N1C[C@@H]2CCC[C@@]2(C(=O)O)C1. The number of aliphatic carboxylic acids is 1. The molecule has 2 amide bonds. The summed E-state index contributed by atoms with van der Waals surface area (Å²) in [5.74, 6) is -0.220. The molecule has 3 rings (SSSR count). The Bertz CT molecular complexity index is 687. The van der Waals surface area contributed by atoms with E-state index in [9.17, 15) is 14.7 Å². The first-order valence-corrected chi connectivity index (χ1v) is 8.99. The van der Waals surface area contributed by atoms with E-state index < -0.39 is 11.4 Å². The minimum absolute atomic E-state index is 0.0611. The van der Waals surface area contributed by atoms with E-state index in [0.29, 0.717) is 41.9 Å². The molecule has 7 nitrogen and oxygen atoms in total. The third-order valence-corrected chi connectivity index (χ3v) is 5.58. The van der Waals surface area contributed by atoms with Crippen molar-refractivity contribution >= 4 is 41.0 Å². The fourth-order valence-electron chi connectivity index (χ4n) is 3.80. The maximum atomic E-state index is 12.3. The molecule has 2 atom stereocenters. The van der Waals surface area contributed by atoms with Crippen molar-refractivity contribution in [1.82, 2.24) is 15.2 Å². The second-order valence-electron chi connectivity index (χ2n) is 6.57. The van der Waals surface area contributed by atoms with Gasteiger partial charge in [-0.3, -0.25) is 4.79 Å². The van der Waals surface area contributed by atoms with E-state index in [1.54, 1.807) is 11.0 Å². The third kappa shape index (κ3) is 3.62. The number of nitrogens with one attached hydrogen (secondary N) is 2. The zero-order valence-corrected chi connectivity index (χ0v) is 15.1. The van der Waals surface area contributed by atoms with Gasteiger partial charge >= 0.3 is 12.0 Å². The number of carbonyl (C=O) groups is 2. The summed E-state index contributed by atoms with van der Waals surface area (Å²) in [6.45, 7) is 1.62. The van der Waals surface area contributed by atoms with Crippen LogP contribution in [0.25, 0.3) is 0 Å². The van der Waals surface area contributed by atoms with Gasteiger partial charge in [0.15, 0.2) is 0 Å². The van der Waals surface area contributed by atoms with Gasteiger partial charge in [-0.1, -0.05) is 29.6 Å². The Morgan fingerprint density at radius 2 is 2.20 bits per heavy atom. The van der Waals surface area contributed by atoms with Crippen LogP contribution >= 0.6 is 23.2 Å². The lowest BCUT2D eigenvalue weighted by atomic mass is 9.81. The number of fused-ring (bicyclic) bond motifs is 1. The van der Waals surface area contributed by atoms with Crippen LogP contribution in [0.5, 0.6) is 0 Å². The fraction of sp³-hybridized carbons (Fsp3) is 0.562. The number of nitrogens with zero attached hydrogens (tertiary/aromatic N) is 2. The van der Waals surface area contributed by atoms with Crippen molar-refractivity contribution in [3.05, 3.63) is 22.3 Å². The maximum absolute atomic E-state index is 12.3. The molecule has 9 heteroatoms. The number of urea groups is 1. The third-order valence-electron chi connectivity index (χ3n) is 5.09. The summed E-state index contributed by atoms with van der Waals surface area (Å²) in [4.78, 5) is 29.6. The quantitative estimate of drug-likeness (QED) is 0.676. The molecule has 136 valence electrons. The smallest absolute Gasteiger partial charge is 0.317 e. The summed E-state index contributed by atoms with van der Waals surface area (Å²) in [6.07, 6.45) is 3.94. The number of aromatic nitrogens is 1. The van der Waals surface area contributed by atoms with Crippen LogP contribution in [0.1, 0.15) is 19.3 Å². The summed E-state index contributed by atoms with van der Waals surface area (Å²) in [7, 11) is 0. The van der Waals surface area contributed by atoms with Gasteiger partial charge in [0.25, 0.3) is 0 Å². The van der Waals surface area contributed by atoms with Gasteiger partial charge in [-0.2, -0.15) is 0 Å². The monoisotopic (exact) mass is 386 g/mol. The number of hydrogen-bond donors (Lipinski definition) is 3. The topological polar surface area (TPSA) is 94.6 Å². The summed E-state index contributed by atoms with van der Waals surface area (Å²) in [6, 6.07) is 1.36. The van der Waals surface area contributed by atoms with Crippen molar-refractivity contribution in [1.29, 1.82) is 0 Å². The Hall–Kier alpha value is -1.73. The molecule has 3 N–H and O–H groups in total.